The fraction of sp³-hybridized carbons (Fsp3) is 0.250. The van der Waals surface area contributed by atoms with E-state index in [1.807, 2.05) is 26.0 Å². The Kier molecular flexibility index (Phi) is 4.74. The molecule has 3 aromatic rings. The van der Waals surface area contributed by atoms with Crippen molar-refractivity contribution in [3.8, 4) is 11.3 Å². The largest absolute Gasteiger partial charge is 0.248 e. The van der Waals surface area contributed by atoms with Gasteiger partial charge in [-0.3, -0.25) is 0 Å². The molecule has 0 aliphatic carbocycles. The van der Waals surface area contributed by atoms with Gasteiger partial charge in [0.2, 0.25) is 0 Å². The number of rotatable bonds is 1. The van der Waals surface area contributed by atoms with E-state index in [2.05, 4.69) is 57.2 Å². The quantitative estimate of drug-likeness (QED) is 0.543. The molecular weight excluding hydrogens is 254 g/mol. The van der Waals surface area contributed by atoms with Crippen molar-refractivity contribution in [2.24, 2.45) is 0 Å². The molecule has 2 aromatic carbocycles. The van der Waals surface area contributed by atoms with Gasteiger partial charge < -0.3 is 0 Å². The number of aryl methyl sites for hydroxylation is 2. The van der Waals surface area contributed by atoms with Crippen molar-refractivity contribution in [2.45, 2.75) is 34.6 Å². The molecule has 1 heterocycles. The molecule has 3 rings (SSSR count). The summed E-state index contributed by atoms with van der Waals surface area (Å²) >= 11 is 0. The Hall–Kier alpha value is -2.15. The zero-order valence-corrected chi connectivity index (χ0v) is 13.6. The summed E-state index contributed by atoms with van der Waals surface area (Å²) in [6.07, 6.45) is 0. The van der Waals surface area contributed by atoms with E-state index < -0.39 is 0 Å². The Morgan fingerprint density at radius 3 is 2.29 bits per heavy atom. The maximum Gasteiger partial charge on any atom is 0.0712 e. The molecule has 0 saturated carbocycles. The molecule has 0 radical (unpaired) electrons. The number of hydrogen-bond acceptors (Lipinski definition) is 1. The van der Waals surface area contributed by atoms with Gasteiger partial charge in [-0.05, 0) is 50.1 Å². The fourth-order valence-electron chi connectivity index (χ4n) is 2.52. The molecule has 0 N–H and O–H groups in total. The number of hydrogen-bond donors (Lipinski definition) is 0. The first kappa shape index (κ1) is 15.2. The molecule has 0 saturated heterocycles. The van der Waals surface area contributed by atoms with Crippen molar-refractivity contribution in [3.05, 3.63) is 65.2 Å². The van der Waals surface area contributed by atoms with E-state index in [9.17, 15) is 0 Å². The molecule has 0 aliphatic heterocycles. The SMILES string of the molecule is CC.Cc1cc(C)c(C)c(-c2ccc3ccccc3n2)c1. The summed E-state index contributed by atoms with van der Waals surface area (Å²) in [5, 5.41) is 1.19. The van der Waals surface area contributed by atoms with Gasteiger partial charge in [0.15, 0.2) is 0 Å². The van der Waals surface area contributed by atoms with Crippen molar-refractivity contribution in [2.75, 3.05) is 0 Å². The monoisotopic (exact) mass is 277 g/mol. The van der Waals surface area contributed by atoms with Crippen molar-refractivity contribution < 1.29 is 0 Å². The zero-order valence-electron chi connectivity index (χ0n) is 13.6. The number of para-hydroxylation sites is 1. The highest BCUT2D eigenvalue weighted by molar-refractivity contribution is 5.82. The van der Waals surface area contributed by atoms with E-state index in [4.69, 9.17) is 4.98 Å². The van der Waals surface area contributed by atoms with Crippen LogP contribution < -0.4 is 0 Å². The molecular formula is C20H23N. The highest BCUT2D eigenvalue weighted by Crippen LogP contribution is 2.27. The minimum absolute atomic E-state index is 1.05. The van der Waals surface area contributed by atoms with Gasteiger partial charge in [0, 0.05) is 10.9 Å². The summed E-state index contributed by atoms with van der Waals surface area (Å²) in [7, 11) is 0. The number of nitrogens with zero attached hydrogens (tertiary/aromatic N) is 1. The van der Waals surface area contributed by atoms with E-state index in [1.165, 1.54) is 27.6 Å². The predicted molar refractivity (Wildman–Crippen MR) is 92.7 cm³/mol. The smallest absolute Gasteiger partial charge is 0.0712 e. The van der Waals surface area contributed by atoms with Crippen molar-refractivity contribution >= 4 is 10.9 Å². The van der Waals surface area contributed by atoms with Crippen LogP contribution >= 0.6 is 0 Å². The molecule has 108 valence electrons. The normalized spacial score (nSPS) is 10.1. The average molecular weight is 277 g/mol. The molecule has 0 unspecified atom stereocenters. The molecule has 0 atom stereocenters. The predicted octanol–water partition coefficient (Wildman–Crippen LogP) is 5.85. The highest BCUT2D eigenvalue weighted by atomic mass is 14.7. The van der Waals surface area contributed by atoms with Crippen LogP contribution in [0.3, 0.4) is 0 Å². The second-order valence-corrected chi connectivity index (χ2v) is 5.14. The van der Waals surface area contributed by atoms with Gasteiger partial charge >= 0.3 is 0 Å². The molecule has 0 spiro atoms. The topological polar surface area (TPSA) is 12.9 Å². The molecule has 0 aliphatic rings. The highest BCUT2D eigenvalue weighted by Gasteiger charge is 2.07. The molecule has 1 nitrogen and oxygen atoms in total. The van der Waals surface area contributed by atoms with Crippen LogP contribution in [0.15, 0.2) is 48.5 Å². The van der Waals surface area contributed by atoms with Crippen LogP contribution in [0.5, 0.6) is 0 Å². The lowest BCUT2D eigenvalue weighted by atomic mass is 9.97. The summed E-state index contributed by atoms with van der Waals surface area (Å²) in [5.74, 6) is 0. The maximum atomic E-state index is 4.79. The standard InChI is InChI=1S/C18H17N.C2H6/c1-12-10-13(2)14(3)16(11-12)18-9-8-15-6-4-5-7-17(15)19-18;1-2/h4-11H,1-3H3;1-2H3. The second kappa shape index (κ2) is 6.53. The lowest BCUT2D eigenvalue weighted by molar-refractivity contribution is 1.28. The van der Waals surface area contributed by atoms with Crippen LogP contribution in [0.1, 0.15) is 30.5 Å². The summed E-state index contributed by atoms with van der Waals surface area (Å²) in [6, 6.07) is 17.0. The molecule has 0 fully saturated rings. The Morgan fingerprint density at radius 1 is 0.810 bits per heavy atom. The summed E-state index contributed by atoms with van der Waals surface area (Å²) < 4.78 is 0. The van der Waals surface area contributed by atoms with Crippen LogP contribution in [-0.4, -0.2) is 4.98 Å². The van der Waals surface area contributed by atoms with Gasteiger partial charge in [-0.15, -0.1) is 0 Å². The minimum Gasteiger partial charge on any atom is -0.248 e. The number of fused-ring (bicyclic) bond motifs is 1. The van der Waals surface area contributed by atoms with Crippen LogP contribution in [0.2, 0.25) is 0 Å². The molecule has 21 heavy (non-hydrogen) atoms. The first-order chi connectivity index (χ1) is 10.1. The van der Waals surface area contributed by atoms with E-state index in [-0.39, 0.29) is 0 Å². The van der Waals surface area contributed by atoms with Gasteiger partial charge in [0.25, 0.3) is 0 Å². The molecule has 0 amide bonds. The minimum atomic E-state index is 1.05. The van der Waals surface area contributed by atoms with E-state index in [0.717, 1.165) is 11.2 Å². The van der Waals surface area contributed by atoms with Gasteiger partial charge in [0.05, 0.1) is 11.2 Å². The van der Waals surface area contributed by atoms with Crippen LogP contribution in [0.4, 0.5) is 0 Å². The Balaban J connectivity index is 0.000000774. The number of pyridine rings is 1. The van der Waals surface area contributed by atoms with Gasteiger partial charge in [0.1, 0.15) is 0 Å². The summed E-state index contributed by atoms with van der Waals surface area (Å²) in [5.41, 5.74) is 7.27. The lowest BCUT2D eigenvalue weighted by Gasteiger charge is -2.10. The third-order valence-electron chi connectivity index (χ3n) is 3.69. The Labute approximate surface area is 127 Å². The summed E-state index contributed by atoms with van der Waals surface area (Å²) in [6.45, 7) is 10.5. The Bertz CT molecular complexity index is 757. The average Bonchev–Trinajstić information content (AvgIpc) is 2.52. The van der Waals surface area contributed by atoms with Gasteiger partial charge in [-0.2, -0.15) is 0 Å². The first-order valence-electron chi connectivity index (χ1n) is 7.59. The van der Waals surface area contributed by atoms with E-state index >= 15 is 0 Å². The van der Waals surface area contributed by atoms with Crippen LogP contribution in [0.25, 0.3) is 22.2 Å². The Morgan fingerprint density at radius 2 is 1.52 bits per heavy atom. The van der Waals surface area contributed by atoms with Crippen LogP contribution in [0, 0.1) is 20.8 Å². The van der Waals surface area contributed by atoms with Gasteiger partial charge in [-0.1, -0.05) is 49.7 Å². The number of aromatic nitrogens is 1. The third kappa shape index (κ3) is 3.13. The zero-order chi connectivity index (χ0) is 15.4. The number of benzene rings is 2. The van der Waals surface area contributed by atoms with E-state index in [1.54, 1.807) is 0 Å². The molecule has 1 aromatic heterocycles. The van der Waals surface area contributed by atoms with Crippen LogP contribution in [-0.2, 0) is 0 Å². The first-order valence-corrected chi connectivity index (χ1v) is 7.59. The van der Waals surface area contributed by atoms with Gasteiger partial charge in [-0.25, -0.2) is 4.98 Å². The molecule has 0 bridgehead atoms. The van der Waals surface area contributed by atoms with E-state index in [0.29, 0.717) is 0 Å². The lowest BCUT2D eigenvalue weighted by Crippen LogP contribution is -1.92. The van der Waals surface area contributed by atoms with Crippen molar-refractivity contribution in [1.29, 1.82) is 0 Å². The second-order valence-electron chi connectivity index (χ2n) is 5.14. The third-order valence-corrected chi connectivity index (χ3v) is 3.69. The van der Waals surface area contributed by atoms with Crippen molar-refractivity contribution in [1.82, 2.24) is 4.98 Å². The molecule has 1 heteroatoms. The van der Waals surface area contributed by atoms with Crippen molar-refractivity contribution in [3.63, 3.8) is 0 Å². The fourth-order valence-corrected chi connectivity index (χ4v) is 2.52. The maximum absolute atomic E-state index is 4.79. The summed E-state index contributed by atoms with van der Waals surface area (Å²) in [4.78, 5) is 4.79.